The first kappa shape index (κ1) is 9.34. The van der Waals surface area contributed by atoms with Crippen LogP contribution < -0.4 is 4.57 Å². The fourth-order valence-corrected chi connectivity index (χ4v) is 2.49. The van der Waals surface area contributed by atoms with Crippen molar-refractivity contribution < 1.29 is 17.2 Å². The summed E-state index contributed by atoms with van der Waals surface area (Å²) in [6.07, 6.45) is 1.14. The number of benzene rings is 1. The van der Waals surface area contributed by atoms with Gasteiger partial charge in [-0.05, 0) is 54.4 Å². The summed E-state index contributed by atoms with van der Waals surface area (Å²) in [5.41, 5.74) is 2.03. The molecule has 21 heavy (non-hydrogen) atoms. The lowest BCUT2D eigenvalue weighted by molar-refractivity contribution is -0.662. The van der Waals surface area contributed by atoms with Crippen molar-refractivity contribution in [2.75, 3.05) is 0 Å². The lowest BCUT2D eigenvalue weighted by atomic mass is 9.81. The van der Waals surface area contributed by atoms with E-state index in [9.17, 15) is 4.39 Å². The van der Waals surface area contributed by atoms with Crippen LogP contribution in [0, 0.1) is 26.4 Å². The molecule has 1 nitrogen and oxygen atoms in total. The second-order valence-electron chi connectivity index (χ2n) is 6.49. The number of nitrogens with zero attached hydrogens (tertiary/aromatic N) is 1. The smallest absolute Gasteiger partial charge is 0.200 e. The predicted molar refractivity (Wildman–Crippen MR) is 85.9 cm³/mol. The minimum atomic E-state index is -2.58. The highest BCUT2D eigenvalue weighted by atomic mass is 19.1. The molecule has 0 radical (unpaired) electrons. The first-order chi connectivity index (χ1) is 12.0. The van der Waals surface area contributed by atoms with Crippen LogP contribution in [-0.4, -0.2) is 0 Å². The van der Waals surface area contributed by atoms with Gasteiger partial charge in [0.25, 0.3) is 0 Å². The van der Waals surface area contributed by atoms with E-state index in [0.29, 0.717) is 22.4 Å². The van der Waals surface area contributed by atoms with Gasteiger partial charge in [-0.2, -0.15) is 4.57 Å². The normalized spacial score (nSPS) is 17.2. The number of aryl methyl sites for hydroxylation is 4. The van der Waals surface area contributed by atoms with Crippen LogP contribution in [0.5, 0.6) is 0 Å². The molecule has 0 bridgehead atoms. The molecule has 2 aromatic rings. The summed E-state index contributed by atoms with van der Waals surface area (Å²) < 4.78 is 62.0. The average molecular weight is 292 g/mol. The summed E-state index contributed by atoms with van der Waals surface area (Å²) in [6, 6.07) is 4.74. The minimum Gasteiger partial charge on any atom is -0.200 e. The number of aromatic nitrogens is 1. The molecule has 112 valence electrons. The Bertz CT molecular complexity index is 876. The van der Waals surface area contributed by atoms with Gasteiger partial charge in [0, 0.05) is 19.9 Å². The predicted octanol–water partition coefficient (Wildman–Crippen LogP) is 4.54. The Morgan fingerprint density at radius 1 is 1.05 bits per heavy atom. The number of hydrogen-bond donors (Lipinski definition) is 0. The molecular formula is C19H25FN+. The maximum Gasteiger partial charge on any atom is 0.212 e. The van der Waals surface area contributed by atoms with Crippen LogP contribution in [-0.2, 0) is 12.5 Å². The molecular weight excluding hydrogens is 261 g/mol. The molecule has 1 aromatic heterocycles. The Morgan fingerprint density at radius 3 is 2.29 bits per heavy atom. The second-order valence-corrected chi connectivity index (χ2v) is 6.49. The molecule has 0 saturated heterocycles. The summed E-state index contributed by atoms with van der Waals surface area (Å²) in [5.74, 6) is -0.797. The number of pyridine rings is 1. The van der Waals surface area contributed by atoms with Gasteiger partial charge in [0.15, 0.2) is 5.82 Å². The van der Waals surface area contributed by atoms with Crippen LogP contribution in [0.4, 0.5) is 4.39 Å². The Balaban J connectivity index is 2.85. The van der Waals surface area contributed by atoms with E-state index in [-0.39, 0.29) is 11.1 Å². The first-order valence-electron chi connectivity index (χ1n) is 9.89. The summed E-state index contributed by atoms with van der Waals surface area (Å²) in [6.45, 7) is 2.71. The van der Waals surface area contributed by atoms with Gasteiger partial charge in [-0.25, -0.2) is 4.39 Å². The van der Waals surface area contributed by atoms with Gasteiger partial charge in [-0.3, -0.25) is 0 Å². The zero-order valence-electron chi connectivity index (χ0n) is 19.1. The zero-order valence-corrected chi connectivity index (χ0v) is 13.1. The first-order valence-corrected chi connectivity index (χ1v) is 6.89. The van der Waals surface area contributed by atoms with Crippen LogP contribution >= 0.6 is 0 Å². The maximum absolute atomic E-state index is 14.2. The Labute approximate surface area is 135 Å². The van der Waals surface area contributed by atoms with E-state index >= 15 is 0 Å². The zero-order chi connectivity index (χ0) is 20.9. The van der Waals surface area contributed by atoms with Crippen molar-refractivity contribution in [3.63, 3.8) is 0 Å². The summed E-state index contributed by atoms with van der Waals surface area (Å²) in [7, 11) is 1.63. The Morgan fingerprint density at radius 2 is 1.71 bits per heavy atom. The summed E-state index contributed by atoms with van der Waals surface area (Å²) in [5, 5.41) is 0. The van der Waals surface area contributed by atoms with Crippen LogP contribution in [0.1, 0.15) is 51.2 Å². The van der Waals surface area contributed by atoms with Crippen molar-refractivity contribution in [2.45, 2.75) is 46.8 Å². The highest BCUT2D eigenvalue weighted by molar-refractivity contribution is 5.64. The van der Waals surface area contributed by atoms with E-state index in [1.807, 2.05) is 20.8 Å². The van der Waals surface area contributed by atoms with Crippen LogP contribution in [0.2, 0.25) is 0 Å². The van der Waals surface area contributed by atoms with Crippen molar-refractivity contribution in [3.8, 4) is 11.3 Å². The molecule has 0 unspecified atom stereocenters. The van der Waals surface area contributed by atoms with Crippen molar-refractivity contribution >= 4 is 0 Å². The highest BCUT2D eigenvalue weighted by Crippen LogP contribution is 2.32. The fraction of sp³-hybridized carbons (Fsp3) is 0.421. The van der Waals surface area contributed by atoms with Gasteiger partial charge in [0.1, 0.15) is 7.05 Å². The fourth-order valence-electron chi connectivity index (χ4n) is 2.49. The second kappa shape index (κ2) is 5.25. The molecule has 0 spiro atoms. The van der Waals surface area contributed by atoms with Gasteiger partial charge in [-0.15, -0.1) is 0 Å². The molecule has 1 aromatic carbocycles. The number of rotatable bonds is 1. The monoisotopic (exact) mass is 292 g/mol. The molecule has 0 amide bonds. The standard InChI is InChI=1S/C19H25FN/c1-12-8-13(2)16(19(4,5)6)10-15(12)18-9-14(3)17(20)11-21(18)7/h8-11H,1-7H3/q+1/i2D3,3D3. The Kier molecular flexibility index (Phi) is 2.34. The molecule has 0 aliphatic carbocycles. The summed E-state index contributed by atoms with van der Waals surface area (Å²) in [4.78, 5) is 0. The molecule has 0 aliphatic heterocycles. The molecule has 0 aliphatic rings. The van der Waals surface area contributed by atoms with Crippen molar-refractivity contribution in [1.82, 2.24) is 0 Å². The van der Waals surface area contributed by atoms with Gasteiger partial charge in [0.2, 0.25) is 11.9 Å². The van der Waals surface area contributed by atoms with Gasteiger partial charge in [0.05, 0.1) is 0 Å². The molecule has 1 heterocycles. The van der Waals surface area contributed by atoms with Gasteiger partial charge in [-0.1, -0.05) is 26.8 Å². The van der Waals surface area contributed by atoms with E-state index in [2.05, 4.69) is 0 Å². The van der Waals surface area contributed by atoms with Gasteiger partial charge < -0.3 is 0 Å². The Hall–Kier alpha value is -1.70. The maximum atomic E-state index is 14.2. The quantitative estimate of drug-likeness (QED) is 0.679. The minimum absolute atomic E-state index is 0.275. The number of hydrogen-bond acceptors (Lipinski definition) is 0. The van der Waals surface area contributed by atoms with E-state index in [1.165, 1.54) is 10.6 Å². The van der Waals surface area contributed by atoms with Crippen LogP contribution in [0.3, 0.4) is 0 Å². The average Bonchev–Trinajstić information content (AvgIpc) is 2.44. The van der Waals surface area contributed by atoms with E-state index < -0.39 is 24.9 Å². The van der Waals surface area contributed by atoms with Crippen LogP contribution in [0.25, 0.3) is 11.3 Å². The molecule has 0 fully saturated rings. The van der Waals surface area contributed by atoms with Gasteiger partial charge >= 0.3 is 0 Å². The SMILES string of the molecule is [2H]C([2H])([2H])c1cc(-c2cc(C(C)(C)C)c(C([2H])([2H])[2H])cc2C)[n+](C)cc1F. The lowest BCUT2D eigenvalue weighted by Crippen LogP contribution is -2.32. The third kappa shape index (κ3) is 2.99. The third-order valence-electron chi connectivity index (χ3n) is 3.67. The van der Waals surface area contributed by atoms with Crippen molar-refractivity contribution in [3.05, 3.63) is 52.5 Å². The third-order valence-corrected chi connectivity index (χ3v) is 3.67. The van der Waals surface area contributed by atoms with E-state index in [0.717, 1.165) is 6.20 Å². The van der Waals surface area contributed by atoms with Crippen molar-refractivity contribution in [2.24, 2.45) is 7.05 Å². The lowest BCUT2D eigenvalue weighted by Gasteiger charge is -2.23. The molecule has 2 rings (SSSR count). The van der Waals surface area contributed by atoms with Crippen LogP contribution in [0.15, 0.2) is 24.4 Å². The molecule has 2 heteroatoms. The molecule has 0 N–H and O–H groups in total. The largest absolute Gasteiger partial charge is 0.212 e. The van der Waals surface area contributed by atoms with E-state index in [1.54, 1.807) is 26.1 Å². The molecule has 0 saturated carbocycles. The number of halogens is 1. The van der Waals surface area contributed by atoms with Crippen molar-refractivity contribution in [1.29, 1.82) is 0 Å². The highest BCUT2D eigenvalue weighted by Gasteiger charge is 2.22. The summed E-state index contributed by atoms with van der Waals surface area (Å²) >= 11 is 0. The molecule has 0 atom stereocenters. The van der Waals surface area contributed by atoms with E-state index in [4.69, 9.17) is 8.22 Å². The topological polar surface area (TPSA) is 3.88 Å².